The molecule has 0 bridgehead atoms. The van der Waals surface area contributed by atoms with Crippen molar-refractivity contribution in [2.45, 2.75) is 25.0 Å². The molecule has 1 aliphatic heterocycles. The van der Waals surface area contributed by atoms with Crippen LogP contribution in [-0.4, -0.2) is 71.7 Å². The molecule has 1 unspecified atom stereocenters. The van der Waals surface area contributed by atoms with Gasteiger partial charge in [-0.1, -0.05) is 24.4 Å². The van der Waals surface area contributed by atoms with Gasteiger partial charge in [0.05, 0.1) is 0 Å². The van der Waals surface area contributed by atoms with Gasteiger partial charge in [-0.25, -0.2) is 0 Å². The van der Waals surface area contributed by atoms with Gasteiger partial charge in [0.2, 0.25) is 0 Å². The zero-order valence-electron chi connectivity index (χ0n) is 22.0. The quantitative estimate of drug-likeness (QED) is 0.248. The van der Waals surface area contributed by atoms with E-state index in [1.165, 1.54) is 33.5 Å². The minimum absolute atomic E-state index is 0.0353. The molecule has 0 spiro atoms. The molecule has 1 atom stereocenters. The van der Waals surface area contributed by atoms with Crippen LogP contribution in [0.5, 0.6) is 5.75 Å². The van der Waals surface area contributed by atoms with Gasteiger partial charge in [0.25, 0.3) is 17.1 Å². The standard InChI is InChI=1S/C27H32F4N3O3PS/c1-17-11-18(2)23(24(35)32-9-10-39-26(3,28)29)12-21(17)16-33(4)13-19-14-34(15-19)25(36)20-5-7-22(8-6-20)37-27(30,31)38/h5-8,11-12,16,19H,1,9-10,13-15,38H2,2-4H3,(H,32,35)/b21-16-. The number of ether oxygens (including phenoxy) is 1. The fraction of sp³-hybridized carbons (Fsp3) is 0.407. The SMILES string of the molecule is C=c1cc(C)c(C(=O)NCCSC(C)(F)F)c/c1=C/N(C)CC1CN(C(=O)c2ccc(OC(F)(F)P)cc2)C1. The summed E-state index contributed by atoms with van der Waals surface area (Å²) in [6.45, 7) is 8.57. The third-order valence-electron chi connectivity index (χ3n) is 5.98. The Morgan fingerprint density at radius 3 is 2.46 bits per heavy atom. The zero-order valence-corrected chi connectivity index (χ0v) is 23.9. The molecular formula is C27H32F4N3O3PS. The molecular weight excluding hydrogens is 553 g/mol. The normalized spacial score (nSPS) is 14.7. The number of carbonyl (C=O) groups is 2. The van der Waals surface area contributed by atoms with E-state index in [4.69, 9.17) is 0 Å². The smallest absolute Gasteiger partial charge is 0.408 e. The molecule has 2 amide bonds. The summed E-state index contributed by atoms with van der Waals surface area (Å²) in [6.07, 6.45) is 1.89. The highest BCUT2D eigenvalue weighted by molar-refractivity contribution is 8.00. The van der Waals surface area contributed by atoms with Gasteiger partial charge in [0, 0.05) is 69.1 Å². The van der Waals surface area contributed by atoms with E-state index < -0.39 is 11.1 Å². The number of likely N-dealkylation sites (tertiary alicyclic amines) is 1. The minimum atomic E-state index is -3.38. The number of thioether (sulfide) groups is 1. The van der Waals surface area contributed by atoms with Crippen LogP contribution >= 0.6 is 21.0 Å². The molecule has 12 heteroatoms. The van der Waals surface area contributed by atoms with Gasteiger partial charge in [0.1, 0.15) is 5.75 Å². The average molecular weight is 586 g/mol. The third kappa shape index (κ3) is 9.42. The van der Waals surface area contributed by atoms with E-state index in [1.807, 2.05) is 24.2 Å². The van der Waals surface area contributed by atoms with Crippen LogP contribution in [0.25, 0.3) is 12.8 Å². The Kier molecular flexibility index (Phi) is 9.93. The Labute approximate surface area is 231 Å². The van der Waals surface area contributed by atoms with Gasteiger partial charge in [-0.15, -0.1) is 0 Å². The van der Waals surface area contributed by atoms with Crippen LogP contribution < -0.4 is 20.5 Å². The Bertz CT molecular complexity index is 1290. The number of amides is 2. The van der Waals surface area contributed by atoms with Crippen LogP contribution in [0, 0.1) is 12.8 Å². The first-order chi connectivity index (χ1) is 18.1. The first-order valence-corrected chi connectivity index (χ1v) is 13.7. The van der Waals surface area contributed by atoms with Crippen molar-refractivity contribution in [2.24, 2.45) is 5.92 Å². The third-order valence-corrected chi connectivity index (χ3v) is 7.01. The summed E-state index contributed by atoms with van der Waals surface area (Å²) >= 11 is 0.479. The van der Waals surface area contributed by atoms with Crippen LogP contribution in [0.3, 0.4) is 0 Å². The number of hydrogen-bond acceptors (Lipinski definition) is 5. The Balaban J connectivity index is 1.55. The molecule has 6 nitrogen and oxygen atoms in total. The van der Waals surface area contributed by atoms with E-state index in [9.17, 15) is 27.2 Å². The Hall–Kier alpha value is -2.78. The van der Waals surface area contributed by atoms with E-state index in [1.54, 1.807) is 17.9 Å². The molecule has 0 saturated carbocycles. The predicted octanol–water partition coefficient (Wildman–Crippen LogP) is 3.73. The zero-order chi connectivity index (χ0) is 29.0. The largest absolute Gasteiger partial charge is 0.430 e. The number of carbonyl (C=O) groups excluding carboxylic acids is 2. The summed E-state index contributed by atoms with van der Waals surface area (Å²) in [5.74, 6) is -3.61. The summed E-state index contributed by atoms with van der Waals surface area (Å²) in [5, 5.41) is 1.35. The highest BCUT2D eigenvalue weighted by atomic mass is 32.2. The molecule has 2 aromatic rings. The first-order valence-electron chi connectivity index (χ1n) is 12.2. The topological polar surface area (TPSA) is 61.9 Å². The van der Waals surface area contributed by atoms with Crippen molar-refractivity contribution < 1.29 is 31.9 Å². The maximum Gasteiger partial charge on any atom is 0.408 e. The van der Waals surface area contributed by atoms with E-state index in [-0.39, 0.29) is 35.8 Å². The molecule has 39 heavy (non-hydrogen) atoms. The highest BCUT2D eigenvalue weighted by Gasteiger charge is 2.32. The lowest BCUT2D eigenvalue weighted by Crippen LogP contribution is -2.53. The monoisotopic (exact) mass is 585 g/mol. The molecule has 1 aliphatic rings. The lowest BCUT2D eigenvalue weighted by molar-refractivity contribution is -0.0892. The summed E-state index contributed by atoms with van der Waals surface area (Å²) in [4.78, 5) is 29.0. The van der Waals surface area contributed by atoms with Crippen molar-refractivity contribution in [2.75, 3.05) is 39.0 Å². The van der Waals surface area contributed by atoms with Gasteiger partial charge in [-0.2, -0.15) is 17.6 Å². The molecule has 3 rings (SSSR count). The van der Waals surface area contributed by atoms with Crippen molar-refractivity contribution in [3.05, 3.63) is 63.5 Å². The number of hydrogen-bond donors (Lipinski definition) is 1. The Morgan fingerprint density at radius 2 is 1.87 bits per heavy atom. The number of rotatable bonds is 11. The molecule has 2 aromatic carbocycles. The lowest BCUT2D eigenvalue weighted by Gasteiger charge is -2.41. The van der Waals surface area contributed by atoms with E-state index >= 15 is 0 Å². The molecule has 212 valence electrons. The van der Waals surface area contributed by atoms with Crippen LogP contribution in [0.15, 0.2) is 36.4 Å². The van der Waals surface area contributed by atoms with Crippen molar-refractivity contribution >= 4 is 45.6 Å². The number of nitrogens with zero attached hydrogens (tertiary/aromatic N) is 2. The van der Waals surface area contributed by atoms with Crippen LogP contribution in [-0.2, 0) is 0 Å². The first kappa shape index (κ1) is 30.8. The fourth-order valence-electron chi connectivity index (χ4n) is 4.19. The number of nitrogens with one attached hydrogen (secondary N) is 1. The molecule has 0 aliphatic carbocycles. The van der Waals surface area contributed by atoms with Gasteiger partial charge < -0.3 is 19.9 Å². The second-order valence-electron chi connectivity index (χ2n) is 9.61. The minimum Gasteiger partial charge on any atom is -0.430 e. The lowest BCUT2D eigenvalue weighted by atomic mass is 9.98. The fourth-order valence-corrected chi connectivity index (χ4v) is 4.89. The van der Waals surface area contributed by atoms with Crippen molar-refractivity contribution in [3.8, 4) is 5.75 Å². The van der Waals surface area contributed by atoms with Gasteiger partial charge >= 0.3 is 5.85 Å². The van der Waals surface area contributed by atoms with Gasteiger partial charge in [-0.05, 0) is 62.5 Å². The van der Waals surface area contributed by atoms with Gasteiger partial charge in [0.15, 0.2) is 0 Å². The number of aryl methyl sites for hydroxylation is 1. The summed E-state index contributed by atoms with van der Waals surface area (Å²) in [6, 6.07) is 9.13. The van der Waals surface area contributed by atoms with E-state index in [0.717, 1.165) is 22.9 Å². The second kappa shape index (κ2) is 12.6. The van der Waals surface area contributed by atoms with Crippen LogP contribution in [0.4, 0.5) is 17.6 Å². The number of alkyl halides is 4. The van der Waals surface area contributed by atoms with E-state index in [2.05, 4.69) is 16.6 Å². The summed E-state index contributed by atoms with van der Waals surface area (Å²) in [5.41, 5.74) is 1.58. The molecule has 1 N–H and O–H groups in total. The predicted molar refractivity (Wildman–Crippen MR) is 150 cm³/mol. The highest BCUT2D eigenvalue weighted by Crippen LogP contribution is 2.28. The van der Waals surface area contributed by atoms with Crippen LogP contribution in [0.2, 0.25) is 0 Å². The average Bonchev–Trinajstić information content (AvgIpc) is 2.79. The van der Waals surface area contributed by atoms with Crippen molar-refractivity contribution in [3.63, 3.8) is 0 Å². The van der Waals surface area contributed by atoms with Crippen molar-refractivity contribution in [1.82, 2.24) is 15.1 Å². The maximum absolute atomic E-state index is 13.0. The van der Waals surface area contributed by atoms with Gasteiger partial charge in [-0.3, -0.25) is 9.59 Å². The van der Waals surface area contributed by atoms with E-state index in [0.29, 0.717) is 42.5 Å². The molecule has 0 aromatic heterocycles. The maximum atomic E-state index is 13.0. The van der Waals surface area contributed by atoms with Crippen LogP contribution in [0.1, 0.15) is 33.2 Å². The summed E-state index contributed by atoms with van der Waals surface area (Å²) < 4.78 is 56.3. The number of halogens is 4. The Morgan fingerprint density at radius 1 is 1.23 bits per heavy atom. The molecule has 0 radical (unpaired) electrons. The summed E-state index contributed by atoms with van der Waals surface area (Å²) in [7, 11) is 3.19. The second-order valence-corrected chi connectivity index (χ2v) is 11.7. The molecule has 1 fully saturated rings. The van der Waals surface area contributed by atoms with Crippen molar-refractivity contribution in [1.29, 1.82) is 0 Å². The number of benzene rings is 2. The molecule has 1 heterocycles. The molecule has 1 saturated heterocycles.